The number of fused-ring (bicyclic) bond motifs is 6. The van der Waals surface area contributed by atoms with Crippen molar-refractivity contribution in [2.24, 2.45) is 0 Å². The fourth-order valence-electron chi connectivity index (χ4n) is 8.29. The second kappa shape index (κ2) is 18.5. The summed E-state index contributed by atoms with van der Waals surface area (Å²) < 4.78 is 46.9. The van der Waals surface area contributed by atoms with Crippen LogP contribution in [0.2, 0.25) is 36.3 Å². The maximum Gasteiger partial charge on any atom is 0.303 e. The minimum Gasteiger partial charge on any atom is -0.472 e. The summed E-state index contributed by atoms with van der Waals surface area (Å²) in [6.07, 6.45) is -1.07. The molecule has 7 atom stereocenters. The Labute approximate surface area is 389 Å². The number of anilines is 1. The van der Waals surface area contributed by atoms with Gasteiger partial charge in [0.1, 0.15) is 18.9 Å². The summed E-state index contributed by atoms with van der Waals surface area (Å²) in [5.41, 5.74) is 1.99. The molecule has 7 rings (SSSR count). The van der Waals surface area contributed by atoms with E-state index in [2.05, 4.69) is 79.6 Å². The molecule has 0 spiro atoms. The molecule has 3 aromatic carbocycles. The summed E-state index contributed by atoms with van der Waals surface area (Å²) in [7, 11) is -4.43. The Balaban J connectivity index is 1.39. The van der Waals surface area contributed by atoms with Crippen LogP contribution < -0.4 is 10.1 Å². The standard InChI is InChI=1S/C49H65N5O10Si2/c1-15-24-58-46-41-45(54(27-50-41)37-25-35(64-66(13,14)49(8,9)10)36(63-37)26-59-65(11,12)48(5,6)7)52-47(53-46)51-40-39-34(23-22-32-21-20-31-18-16-17-19-33(31)38(32)39)42(60-28(2)55)44(62-30(4)57)43(40)61-29(3)56/h15-23,27,35-37,40,42-44H,1,24-26H2,2-14H3,(H,51,52,53)/t35-,36+,37+,40-,42+,43+,44-/m0/s1. The molecule has 17 heteroatoms. The largest absolute Gasteiger partial charge is 0.472 e. The third-order valence-corrected chi connectivity index (χ3v) is 22.6. The van der Waals surface area contributed by atoms with Crippen molar-refractivity contribution in [1.29, 1.82) is 0 Å². The topological polar surface area (TPSA) is 171 Å². The van der Waals surface area contributed by atoms with E-state index in [0.717, 1.165) is 21.5 Å². The van der Waals surface area contributed by atoms with Gasteiger partial charge in [-0.15, -0.1) is 0 Å². The first kappa shape index (κ1) is 48.7. The van der Waals surface area contributed by atoms with Crippen LogP contribution in [0, 0.1) is 0 Å². The lowest BCUT2D eigenvalue weighted by Crippen LogP contribution is -2.50. The SMILES string of the molecule is C=CCOc1nc(N[C@H]2c3c(ccc4ccc5ccccc5c34)[C@@H](OC(C)=O)[C@H](OC(C)=O)[C@@H]2OC(C)=O)nc2c1ncn2[C@H]1C[C@H](O[Si](C)(C)C(C)(C)C)[C@@H](CO[Si](C)(C)C(C)(C)C)O1. The average molecular weight is 940 g/mol. The van der Waals surface area contributed by atoms with Crippen molar-refractivity contribution in [3.63, 3.8) is 0 Å². The number of hydrogen-bond acceptors (Lipinski definition) is 14. The molecule has 0 radical (unpaired) electrons. The summed E-state index contributed by atoms with van der Waals surface area (Å²) in [6, 6.07) is 14.7. The molecule has 2 aromatic heterocycles. The second-order valence-corrected chi connectivity index (χ2v) is 29.9. The molecule has 1 saturated heterocycles. The highest BCUT2D eigenvalue weighted by molar-refractivity contribution is 6.74. The van der Waals surface area contributed by atoms with E-state index in [0.29, 0.717) is 35.3 Å². The number of carbonyl (C=O) groups excluding carboxylic acids is 3. The Bertz CT molecular complexity index is 2650. The van der Waals surface area contributed by atoms with Gasteiger partial charge in [-0.2, -0.15) is 9.97 Å². The van der Waals surface area contributed by atoms with Gasteiger partial charge in [0.2, 0.25) is 11.8 Å². The van der Waals surface area contributed by atoms with Gasteiger partial charge < -0.3 is 37.9 Å². The molecule has 5 aromatic rings. The molecule has 1 aliphatic heterocycles. The predicted octanol–water partition coefficient (Wildman–Crippen LogP) is 10.0. The molecule has 15 nitrogen and oxygen atoms in total. The van der Waals surface area contributed by atoms with Gasteiger partial charge in [0, 0.05) is 32.8 Å². The summed E-state index contributed by atoms with van der Waals surface area (Å²) >= 11 is 0. The third kappa shape index (κ3) is 9.77. The summed E-state index contributed by atoms with van der Waals surface area (Å²) in [4.78, 5) is 53.5. The van der Waals surface area contributed by atoms with Crippen molar-refractivity contribution in [3.8, 4) is 5.88 Å². The van der Waals surface area contributed by atoms with Gasteiger partial charge in [0.25, 0.3) is 0 Å². The predicted molar refractivity (Wildman–Crippen MR) is 258 cm³/mol. The fraction of sp³-hybridized carbons (Fsp3) is 0.510. The van der Waals surface area contributed by atoms with E-state index >= 15 is 0 Å². The highest BCUT2D eigenvalue weighted by Gasteiger charge is 2.51. The Morgan fingerprint density at radius 2 is 1.48 bits per heavy atom. The molecule has 66 heavy (non-hydrogen) atoms. The Kier molecular flexibility index (Phi) is 13.6. The van der Waals surface area contributed by atoms with E-state index in [1.807, 2.05) is 53.1 Å². The second-order valence-electron chi connectivity index (χ2n) is 20.4. The van der Waals surface area contributed by atoms with E-state index in [1.54, 1.807) is 12.4 Å². The molecule has 0 amide bonds. The number of imidazole rings is 1. The van der Waals surface area contributed by atoms with Gasteiger partial charge in [0.15, 0.2) is 46.1 Å². The number of carbonyl (C=O) groups is 3. The number of nitrogens with zero attached hydrogens (tertiary/aromatic N) is 4. The van der Waals surface area contributed by atoms with Crippen molar-refractivity contribution in [3.05, 3.63) is 78.6 Å². The zero-order chi connectivity index (χ0) is 48.1. The first-order valence-corrected chi connectivity index (χ1v) is 28.4. The summed E-state index contributed by atoms with van der Waals surface area (Å²) in [5.74, 6) is -1.66. The normalized spacial score (nSPS) is 22.5. The van der Waals surface area contributed by atoms with E-state index < -0.39 is 65.1 Å². The number of nitrogens with one attached hydrogen (secondary N) is 1. The van der Waals surface area contributed by atoms with E-state index in [-0.39, 0.29) is 40.7 Å². The molecule has 0 unspecified atom stereocenters. The molecule has 354 valence electrons. The monoisotopic (exact) mass is 939 g/mol. The van der Waals surface area contributed by atoms with Crippen LogP contribution in [0.25, 0.3) is 32.7 Å². The first-order valence-electron chi connectivity index (χ1n) is 22.6. The van der Waals surface area contributed by atoms with Gasteiger partial charge >= 0.3 is 17.9 Å². The van der Waals surface area contributed by atoms with Crippen LogP contribution >= 0.6 is 0 Å². The third-order valence-electron chi connectivity index (χ3n) is 13.6. The zero-order valence-electron chi connectivity index (χ0n) is 40.5. The quantitative estimate of drug-likeness (QED) is 0.0367. The lowest BCUT2D eigenvalue weighted by atomic mass is 9.77. The lowest BCUT2D eigenvalue weighted by molar-refractivity contribution is -0.187. The van der Waals surface area contributed by atoms with Gasteiger partial charge in [-0.25, -0.2) is 4.98 Å². The van der Waals surface area contributed by atoms with Crippen molar-refractivity contribution in [2.75, 3.05) is 18.5 Å². The lowest BCUT2D eigenvalue weighted by Gasteiger charge is -2.42. The van der Waals surface area contributed by atoms with Crippen molar-refractivity contribution < 1.29 is 46.9 Å². The van der Waals surface area contributed by atoms with Crippen LogP contribution in [-0.4, -0.2) is 91.7 Å². The van der Waals surface area contributed by atoms with Crippen LogP contribution in [0.5, 0.6) is 5.88 Å². The van der Waals surface area contributed by atoms with Crippen LogP contribution in [0.3, 0.4) is 0 Å². The molecule has 3 heterocycles. The maximum atomic E-state index is 13.1. The molecular formula is C49H65N5O10Si2. The van der Waals surface area contributed by atoms with E-state index in [9.17, 15) is 14.4 Å². The Morgan fingerprint density at radius 3 is 2.14 bits per heavy atom. The fourth-order valence-corrected chi connectivity index (χ4v) is 10.7. The molecule has 0 saturated carbocycles. The van der Waals surface area contributed by atoms with Crippen LogP contribution in [0.15, 0.2) is 67.5 Å². The Morgan fingerprint density at radius 1 is 0.848 bits per heavy atom. The van der Waals surface area contributed by atoms with Crippen LogP contribution in [0.4, 0.5) is 5.95 Å². The Hall–Kier alpha value is -5.21. The molecule has 1 aliphatic carbocycles. The molecular weight excluding hydrogens is 875 g/mol. The van der Waals surface area contributed by atoms with Crippen LogP contribution in [0.1, 0.15) is 98.2 Å². The number of aromatic nitrogens is 4. The minimum absolute atomic E-state index is 0.00419. The van der Waals surface area contributed by atoms with Crippen LogP contribution in [-0.2, 0) is 42.2 Å². The summed E-state index contributed by atoms with van der Waals surface area (Å²) in [6.45, 7) is 30.4. The molecule has 1 fully saturated rings. The minimum atomic E-state index is -2.27. The van der Waals surface area contributed by atoms with Gasteiger partial charge in [0.05, 0.1) is 25.1 Å². The first-order chi connectivity index (χ1) is 30.9. The molecule has 1 N–H and O–H groups in total. The average Bonchev–Trinajstić information content (AvgIpc) is 3.83. The highest BCUT2D eigenvalue weighted by Crippen LogP contribution is 2.49. The van der Waals surface area contributed by atoms with Gasteiger partial charge in [-0.05, 0) is 63.4 Å². The maximum absolute atomic E-state index is 13.1. The number of ether oxygens (including phenoxy) is 5. The number of benzene rings is 3. The van der Waals surface area contributed by atoms with Gasteiger partial charge in [-0.3, -0.25) is 19.0 Å². The smallest absolute Gasteiger partial charge is 0.303 e. The molecule has 0 bridgehead atoms. The highest BCUT2D eigenvalue weighted by atomic mass is 28.4. The van der Waals surface area contributed by atoms with Crippen molar-refractivity contribution in [2.45, 2.75) is 148 Å². The number of hydrogen-bond donors (Lipinski definition) is 1. The zero-order valence-corrected chi connectivity index (χ0v) is 42.5. The number of esters is 3. The van der Waals surface area contributed by atoms with E-state index in [4.69, 9.17) is 47.5 Å². The number of rotatable bonds is 14. The van der Waals surface area contributed by atoms with Crippen molar-refractivity contribution in [1.82, 2.24) is 19.5 Å². The molecule has 2 aliphatic rings. The van der Waals surface area contributed by atoms with E-state index in [1.165, 1.54) is 20.8 Å². The van der Waals surface area contributed by atoms with Crippen molar-refractivity contribution >= 4 is 73.2 Å². The van der Waals surface area contributed by atoms with Gasteiger partial charge in [-0.1, -0.05) is 103 Å². The summed E-state index contributed by atoms with van der Waals surface area (Å²) in [5, 5.41) is 6.99.